The summed E-state index contributed by atoms with van der Waals surface area (Å²) in [5.41, 5.74) is 11.3. The van der Waals surface area contributed by atoms with Crippen molar-refractivity contribution >= 4 is 49.7 Å². The largest absolute Gasteiger partial charge is 0.497 e. The summed E-state index contributed by atoms with van der Waals surface area (Å²) in [4.78, 5) is 4.31. The predicted octanol–water partition coefficient (Wildman–Crippen LogP) is 5.18. The van der Waals surface area contributed by atoms with E-state index in [2.05, 4.69) is 22.5 Å². The third-order valence-corrected chi connectivity index (χ3v) is 5.39. The Morgan fingerprint density at radius 3 is 2.83 bits per heavy atom. The fourth-order valence-electron chi connectivity index (χ4n) is 3.17. The first-order valence-electron chi connectivity index (χ1n) is 7.64. The molecule has 2 N–H and O–H groups in total. The van der Waals surface area contributed by atoms with Gasteiger partial charge in [-0.25, -0.2) is 4.98 Å². The molecule has 0 radical (unpaired) electrons. The van der Waals surface area contributed by atoms with Crippen LogP contribution in [0.4, 0.5) is 5.69 Å². The molecule has 2 aromatic heterocycles. The maximum absolute atomic E-state index is 6.49. The Kier molecular flexibility index (Phi) is 3.62. The van der Waals surface area contributed by atoms with Crippen LogP contribution in [0.3, 0.4) is 0 Å². The highest BCUT2D eigenvalue weighted by molar-refractivity contribution is 7.22. The van der Waals surface area contributed by atoms with Gasteiger partial charge in [0.05, 0.1) is 34.2 Å². The van der Waals surface area contributed by atoms with E-state index in [-0.39, 0.29) is 0 Å². The lowest BCUT2D eigenvalue weighted by Crippen LogP contribution is -1.98. The van der Waals surface area contributed by atoms with Gasteiger partial charge in [0.25, 0.3) is 0 Å². The van der Waals surface area contributed by atoms with E-state index in [0.29, 0.717) is 4.47 Å². The van der Waals surface area contributed by atoms with Crippen molar-refractivity contribution in [2.45, 2.75) is 13.5 Å². The maximum atomic E-state index is 6.49. The van der Waals surface area contributed by atoms with Crippen molar-refractivity contribution in [2.24, 2.45) is 0 Å². The molecule has 2 heterocycles. The smallest absolute Gasteiger partial charge is 0.184 e. The number of fused-ring (bicyclic) bond motifs is 2. The molecule has 122 valence electrons. The number of halogens is 1. The number of benzene rings is 2. The predicted molar refractivity (Wildman–Crippen MR) is 102 cm³/mol. The van der Waals surface area contributed by atoms with Crippen LogP contribution in [0, 0.1) is 0 Å². The molecule has 0 bridgehead atoms. The number of aromatic nitrogens is 2. The van der Waals surface area contributed by atoms with Crippen LogP contribution < -0.4 is 10.5 Å². The Balaban J connectivity index is 2.01. The van der Waals surface area contributed by atoms with E-state index in [1.54, 1.807) is 7.11 Å². The standard InChI is InChI=1S/C18H16ClN3OS/c1-3-22-14-9-11(23-2)5-6-12(14)16(20)17(22)10-4-7-13-15(8-10)24-18(19)21-13/h4-9H,3,20H2,1-2H3. The van der Waals surface area contributed by atoms with Crippen LogP contribution >= 0.6 is 22.9 Å². The number of hydrogen-bond donors (Lipinski definition) is 1. The Hall–Kier alpha value is -2.24. The summed E-state index contributed by atoms with van der Waals surface area (Å²) in [6.07, 6.45) is 0. The molecular weight excluding hydrogens is 342 g/mol. The fourth-order valence-corrected chi connectivity index (χ4v) is 4.24. The van der Waals surface area contributed by atoms with Gasteiger partial charge in [-0.3, -0.25) is 0 Å². The van der Waals surface area contributed by atoms with Crippen molar-refractivity contribution in [2.75, 3.05) is 12.8 Å². The molecule has 4 aromatic rings. The van der Waals surface area contributed by atoms with Gasteiger partial charge in [-0.2, -0.15) is 0 Å². The first kappa shape index (κ1) is 15.3. The molecule has 0 aliphatic heterocycles. The Bertz CT molecular complexity index is 1070. The Morgan fingerprint density at radius 2 is 2.08 bits per heavy atom. The van der Waals surface area contributed by atoms with E-state index in [1.165, 1.54) is 11.3 Å². The minimum absolute atomic E-state index is 0.552. The summed E-state index contributed by atoms with van der Waals surface area (Å²) in [5, 5.41) is 1.04. The second kappa shape index (κ2) is 5.69. The third kappa shape index (κ3) is 2.24. The van der Waals surface area contributed by atoms with E-state index in [4.69, 9.17) is 22.1 Å². The average molecular weight is 358 g/mol. The molecule has 4 rings (SSSR count). The van der Waals surface area contributed by atoms with Gasteiger partial charge in [0.2, 0.25) is 0 Å². The summed E-state index contributed by atoms with van der Waals surface area (Å²) >= 11 is 7.51. The zero-order valence-corrected chi connectivity index (χ0v) is 14.9. The molecule has 0 saturated heterocycles. The van der Waals surface area contributed by atoms with Gasteiger partial charge in [0.1, 0.15) is 5.75 Å². The van der Waals surface area contributed by atoms with Crippen LogP contribution in [0.2, 0.25) is 4.47 Å². The van der Waals surface area contributed by atoms with Gasteiger partial charge in [0.15, 0.2) is 4.47 Å². The van der Waals surface area contributed by atoms with Crippen molar-refractivity contribution in [3.8, 4) is 17.0 Å². The van der Waals surface area contributed by atoms with Gasteiger partial charge in [-0.15, -0.1) is 11.3 Å². The van der Waals surface area contributed by atoms with Crippen LogP contribution in [0.1, 0.15) is 6.92 Å². The molecule has 0 amide bonds. The number of nitrogens with two attached hydrogens (primary N) is 1. The normalized spacial score (nSPS) is 11.5. The van der Waals surface area contributed by atoms with Crippen molar-refractivity contribution in [3.05, 3.63) is 40.9 Å². The highest BCUT2D eigenvalue weighted by Crippen LogP contribution is 2.39. The molecule has 24 heavy (non-hydrogen) atoms. The second-order valence-corrected chi connectivity index (χ2v) is 7.15. The van der Waals surface area contributed by atoms with Crippen LogP contribution in [-0.2, 0) is 6.54 Å². The monoisotopic (exact) mass is 357 g/mol. The lowest BCUT2D eigenvalue weighted by Gasteiger charge is -2.09. The van der Waals surface area contributed by atoms with E-state index in [0.717, 1.165) is 50.4 Å². The number of thiazole rings is 1. The van der Waals surface area contributed by atoms with E-state index in [9.17, 15) is 0 Å². The van der Waals surface area contributed by atoms with Crippen molar-refractivity contribution in [1.82, 2.24) is 9.55 Å². The number of nitrogen functional groups attached to an aromatic ring is 1. The maximum Gasteiger partial charge on any atom is 0.184 e. The molecule has 2 aromatic carbocycles. The van der Waals surface area contributed by atoms with Crippen molar-refractivity contribution in [1.29, 1.82) is 0 Å². The summed E-state index contributed by atoms with van der Waals surface area (Å²) in [6.45, 7) is 2.93. The Morgan fingerprint density at radius 1 is 1.25 bits per heavy atom. The van der Waals surface area contributed by atoms with Crippen LogP contribution in [-0.4, -0.2) is 16.7 Å². The van der Waals surface area contributed by atoms with Crippen LogP contribution in [0.5, 0.6) is 5.75 Å². The molecule has 0 unspecified atom stereocenters. The SMILES string of the molecule is CCn1c(-c2ccc3nc(Cl)sc3c2)c(N)c2ccc(OC)cc21. The van der Waals surface area contributed by atoms with Crippen molar-refractivity contribution in [3.63, 3.8) is 0 Å². The van der Waals surface area contributed by atoms with Crippen LogP contribution in [0.15, 0.2) is 36.4 Å². The summed E-state index contributed by atoms with van der Waals surface area (Å²) in [7, 11) is 1.67. The molecule has 0 fully saturated rings. The Labute approximate surface area is 148 Å². The quantitative estimate of drug-likeness (QED) is 0.549. The molecule has 0 aliphatic rings. The minimum Gasteiger partial charge on any atom is -0.497 e. The number of ether oxygens (including phenoxy) is 1. The third-order valence-electron chi connectivity index (χ3n) is 4.26. The van der Waals surface area contributed by atoms with Gasteiger partial charge < -0.3 is 15.0 Å². The summed E-state index contributed by atoms with van der Waals surface area (Å²) < 4.78 is 9.19. The number of hydrogen-bond acceptors (Lipinski definition) is 4. The van der Waals surface area contributed by atoms with E-state index >= 15 is 0 Å². The number of nitrogens with zero attached hydrogens (tertiary/aromatic N) is 2. The molecule has 6 heteroatoms. The molecule has 4 nitrogen and oxygen atoms in total. The molecular formula is C18H16ClN3OS. The van der Waals surface area contributed by atoms with Crippen LogP contribution in [0.25, 0.3) is 32.4 Å². The molecule has 0 spiro atoms. The first-order chi connectivity index (χ1) is 11.6. The number of aryl methyl sites for hydroxylation is 1. The van der Waals surface area contributed by atoms with E-state index < -0.39 is 0 Å². The summed E-state index contributed by atoms with van der Waals surface area (Å²) in [5.74, 6) is 0.825. The average Bonchev–Trinajstić information content (AvgIpc) is 3.10. The van der Waals surface area contributed by atoms with Gasteiger partial charge in [0, 0.05) is 23.6 Å². The lowest BCUT2D eigenvalue weighted by molar-refractivity contribution is 0.415. The van der Waals surface area contributed by atoms with Crippen molar-refractivity contribution < 1.29 is 4.74 Å². The number of methoxy groups -OCH3 is 1. The zero-order chi connectivity index (χ0) is 16.8. The minimum atomic E-state index is 0.552. The lowest BCUT2D eigenvalue weighted by atomic mass is 10.1. The zero-order valence-electron chi connectivity index (χ0n) is 13.3. The van der Waals surface area contributed by atoms with Gasteiger partial charge >= 0.3 is 0 Å². The number of anilines is 1. The fraction of sp³-hybridized carbons (Fsp3) is 0.167. The highest BCUT2D eigenvalue weighted by Gasteiger charge is 2.17. The van der Waals surface area contributed by atoms with E-state index in [1.807, 2.05) is 30.3 Å². The van der Waals surface area contributed by atoms with Gasteiger partial charge in [-0.05, 0) is 31.2 Å². The van der Waals surface area contributed by atoms with Gasteiger partial charge in [-0.1, -0.05) is 17.7 Å². The summed E-state index contributed by atoms with van der Waals surface area (Å²) in [6, 6.07) is 12.1. The topological polar surface area (TPSA) is 53.1 Å². The molecule has 0 aliphatic carbocycles. The second-order valence-electron chi connectivity index (χ2n) is 5.54. The highest BCUT2D eigenvalue weighted by atomic mass is 35.5. The molecule has 0 atom stereocenters. The number of rotatable bonds is 3. The molecule has 0 saturated carbocycles. The first-order valence-corrected chi connectivity index (χ1v) is 8.84.